The molecule has 0 bridgehead atoms. The number of aliphatic hydroxyl groups is 1. The van der Waals surface area contributed by atoms with Crippen LogP contribution in [-0.2, 0) is 0 Å². The standard InChI is InChI=1S/C26H40O/c1-5-6-7-10-19(2)23-16-17-24-22(12-9-18-26(23,24)4)15-14-21-11-8-13-25(27)20(21)3/h7,10,14-15,19,23-25,27H,3,5-6,8-9,11-13,16-18H2,1-2,4H3/b10-7+,21-14-,22-15+/t19-,23-,24?,25?,26?/m1/s1. The highest BCUT2D eigenvalue weighted by Crippen LogP contribution is 2.59. The lowest BCUT2D eigenvalue weighted by atomic mass is 9.61. The number of aliphatic hydroxyl groups excluding tert-OH is 1. The summed E-state index contributed by atoms with van der Waals surface area (Å²) in [4.78, 5) is 0. The van der Waals surface area contributed by atoms with E-state index in [2.05, 4.69) is 51.7 Å². The summed E-state index contributed by atoms with van der Waals surface area (Å²) in [6.07, 6.45) is 21.5. The Kier molecular flexibility index (Phi) is 6.84. The van der Waals surface area contributed by atoms with E-state index < -0.39 is 0 Å². The van der Waals surface area contributed by atoms with Crippen LogP contribution in [-0.4, -0.2) is 11.2 Å². The first-order valence-electron chi connectivity index (χ1n) is 11.4. The van der Waals surface area contributed by atoms with Crippen LogP contribution in [0.15, 0.2) is 47.6 Å². The zero-order valence-electron chi connectivity index (χ0n) is 17.8. The van der Waals surface area contributed by atoms with E-state index in [4.69, 9.17) is 0 Å². The maximum atomic E-state index is 10.1. The molecule has 0 spiro atoms. The molecule has 27 heavy (non-hydrogen) atoms. The molecule has 150 valence electrons. The Bertz CT molecular complexity index is 622. The smallest absolute Gasteiger partial charge is 0.0787 e. The van der Waals surface area contributed by atoms with Gasteiger partial charge in [-0.3, -0.25) is 0 Å². The molecule has 3 aliphatic rings. The van der Waals surface area contributed by atoms with Gasteiger partial charge in [-0.1, -0.05) is 63.6 Å². The summed E-state index contributed by atoms with van der Waals surface area (Å²) in [5.74, 6) is 2.26. The quantitative estimate of drug-likeness (QED) is 0.511. The molecule has 0 aromatic carbocycles. The van der Waals surface area contributed by atoms with E-state index >= 15 is 0 Å². The van der Waals surface area contributed by atoms with Gasteiger partial charge in [-0.2, -0.15) is 0 Å². The van der Waals surface area contributed by atoms with Crippen LogP contribution in [0.2, 0.25) is 0 Å². The second-order valence-corrected chi connectivity index (χ2v) is 9.54. The summed E-state index contributed by atoms with van der Waals surface area (Å²) in [7, 11) is 0. The van der Waals surface area contributed by atoms with Crippen LogP contribution in [0.25, 0.3) is 0 Å². The Hall–Kier alpha value is -1.08. The molecule has 0 radical (unpaired) electrons. The third kappa shape index (κ3) is 4.34. The Morgan fingerprint density at radius 2 is 2.00 bits per heavy atom. The van der Waals surface area contributed by atoms with Crippen molar-refractivity contribution >= 4 is 0 Å². The molecule has 3 unspecified atom stereocenters. The Morgan fingerprint density at radius 3 is 2.78 bits per heavy atom. The van der Waals surface area contributed by atoms with Gasteiger partial charge in [0.2, 0.25) is 0 Å². The summed E-state index contributed by atoms with van der Waals surface area (Å²) in [6, 6.07) is 0. The molecular formula is C26H40O. The first kappa shape index (κ1) is 20.6. The molecule has 1 heteroatoms. The number of unbranched alkanes of at least 4 members (excludes halogenated alkanes) is 1. The van der Waals surface area contributed by atoms with E-state index in [1.807, 2.05) is 0 Å². The predicted molar refractivity (Wildman–Crippen MR) is 117 cm³/mol. The fourth-order valence-electron chi connectivity index (χ4n) is 6.19. The molecule has 0 aliphatic heterocycles. The fraction of sp³-hybridized carbons (Fsp3) is 0.692. The summed E-state index contributed by atoms with van der Waals surface area (Å²) < 4.78 is 0. The van der Waals surface area contributed by atoms with Crippen LogP contribution in [0.5, 0.6) is 0 Å². The highest BCUT2D eigenvalue weighted by atomic mass is 16.3. The molecule has 1 N–H and O–H groups in total. The zero-order valence-corrected chi connectivity index (χ0v) is 17.8. The molecule has 3 rings (SSSR count). The maximum Gasteiger partial charge on any atom is 0.0787 e. The lowest BCUT2D eigenvalue weighted by Crippen LogP contribution is -2.35. The van der Waals surface area contributed by atoms with E-state index in [0.29, 0.717) is 11.3 Å². The molecule has 0 heterocycles. The van der Waals surface area contributed by atoms with Crippen molar-refractivity contribution < 1.29 is 5.11 Å². The van der Waals surface area contributed by atoms with Gasteiger partial charge >= 0.3 is 0 Å². The lowest BCUT2D eigenvalue weighted by Gasteiger charge is -2.44. The molecular weight excluding hydrogens is 328 g/mol. The second-order valence-electron chi connectivity index (χ2n) is 9.54. The molecule has 0 aromatic heterocycles. The number of hydrogen-bond acceptors (Lipinski definition) is 1. The topological polar surface area (TPSA) is 20.2 Å². The van der Waals surface area contributed by atoms with Crippen LogP contribution in [0, 0.1) is 23.2 Å². The summed E-state index contributed by atoms with van der Waals surface area (Å²) in [6.45, 7) is 11.4. The molecule has 5 atom stereocenters. The summed E-state index contributed by atoms with van der Waals surface area (Å²) in [5.41, 5.74) is 4.35. The van der Waals surface area contributed by atoms with Crippen molar-refractivity contribution in [2.45, 2.75) is 91.1 Å². The van der Waals surface area contributed by atoms with Gasteiger partial charge in [0.25, 0.3) is 0 Å². The van der Waals surface area contributed by atoms with E-state index in [9.17, 15) is 5.11 Å². The van der Waals surface area contributed by atoms with Gasteiger partial charge in [0.1, 0.15) is 0 Å². The van der Waals surface area contributed by atoms with Gasteiger partial charge in [-0.15, -0.1) is 0 Å². The average Bonchev–Trinajstić information content (AvgIpc) is 3.00. The number of rotatable bonds is 5. The van der Waals surface area contributed by atoms with Crippen molar-refractivity contribution in [2.75, 3.05) is 0 Å². The van der Waals surface area contributed by atoms with Crippen LogP contribution < -0.4 is 0 Å². The van der Waals surface area contributed by atoms with Crippen molar-refractivity contribution in [1.29, 1.82) is 0 Å². The number of hydrogen-bond donors (Lipinski definition) is 1. The highest BCUT2D eigenvalue weighted by Gasteiger charge is 2.50. The number of allylic oxidation sites excluding steroid dienone is 5. The molecule has 0 saturated heterocycles. The van der Waals surface area contributed by atoms with Crippen molar-refractivity contribution in [3.05, 3.63) is 47.6 Å². The first-order valence-corrected chi connectivity index (χ1v) is 11.4. The van der Waals surface area contributed by atoms with E-state index in [0.717, 1.165) is 36.7 Å². The normalized spacial score (nSPS) is 38.7. The first-order chi connectivity index (χ1) is 13.0. The Morgan fingerprint density at radius 1 is 1.19 bits per heavy atom. The van der Waals surface area contributed by atoms with Gasteiger partial charge in [-0.05, 0) is 92.1 Å². The minimum atomic E-state index is -0.327. The van der Waals surface area contributed by atoms with Crippen molar-refractivity contribution in [3.8, 4) is 0 Å². The van der Waals surface area contributed by atoms with Crippen LogP contribution >= 0.6 is 0 Å². The van der Waals surface area contributed by atoms with E-state index in [-0.39, 0.29) is 6.10 Å². The SMILES string of the molecule is C=C1/C(=C\C=C2/CCCC3(C)C2CC[C@@H]3[C@H](C)/C=C/CCC)CCCC1O. The highest BCUT2D eigenvalue weighted by molar-refractivity contribution is 5.37. The molecule has 1 nitrogen and oxygen atoms in total. The molecule has 3 aliphatic carbocycles. The molecule has 0 amide bonds. The predicted octanol–water partition coefficient (Wildman–Crippen LogP) is 7.15. The largest absolute Gasteiger partial charge is 0.388 e. The van der Waals surface area contributed by atoms with Gasteiger partial charge in [0.05, 0.1) is 6.10 Å². The minimum absolute atomic E-state index is 0.327. The van der Waals surface area contributed by atoms with Crippen LogP contribution in [0.4, 0.5) is 0 Å². The van der Waals surface area contributed by atoms with E-state index in [1.165, 1.54) is 50.5 Å². The lowest BCUT2D eigenvalue weighted by molar-refractivity contribution is 0.112. The Labute approximate surface area is 167 Å². The number of fused-ring (bicyclic) bond motifs is 1. The third-order valence-corrected chi connectivity index (χ3v) is 7.80. The van der Waals surface area contributed by atoms with Crippen LogP contribution in [0.3, 0.4) is 0 Å². The van der Waals surface area contributed by atoms with Crippen molar-refractivity contribution in [2.24, 2.45) is 23.2 Å². The van der Waals surface area contributed by atoms with Crippen molar-refractivity contribution in [3.63, 3.8) is 0 Å². The van der Waals surface area contributed by atoms with Gasteiger partial charge in [0.15, 0.2) is 0 Å². The van der Waals surface area contributed by atoms with E-state index in [1.54, 1.807) is 5.57 Å². The van der Waals surface area contributed by atoms with Gasteiger partial charge in [-0.25, -0.2) is 0 Å². The zero-order chi connectivity index (χ0) is 19.4. The average molecular weight is 369 g/mol. The Balaban J connectivity index is 1.76. The third-order valence-electron chi connectivity index (χ3n) is 7.80. The minimum Gasteiger partial charge on any atom is -0.388 e. The molecule has 0 aromatic rings. The molecule has 3 saturated carbocycles. The molecule has 3 fully saturated rings. The summed E-state index contributed by atoms with van der Waals surface area (Å²) >= 11 is 0. The van der Waals surface area contributed by atoms with Crippen LogP contribution in [0.1, 0.15) is 85.0 Å². The second kappa shape index (κ2) is 8.95. The van der Waals surface area contributed by atoms with Crippen molar-refractivity contribution in [1.82, 2.24) is 0 Å². The fourth-order valence-corrected chi connectivity index (χ4v) is 6.19. The summed E-state index contributed by atoms with van der Waals surface area (Å²) in [5, 5.41) is 10.1. The van der Waals surface area contributed by atoms with Gasteiger partial charge < -0.3 is 5.11 Å². The monoisotopic (exact) mass is 368 g/mol. The van der Waals surface area contributed by atoms with Gasteiger partial charge in [0, 0.05) is 0 Å². The maximum absolute atomic E-state index is 10.1.